The van der Waals surface area contributed by atoms with Gasteiger partial charge in [0.25, 0.3) is 0 Å². The van der Waals surface area contributed by atoms with E-state index in [0.717, 1.165) is 33.4 Å². The fraction of sp³-hybridized carbons (Fsp3) is 0.488. The Morgan fingerprint density at radius 2 is 0.386 bits per heavy atom. The summed E-state index contributed by atoms with van der Waals surface area (Å²) in [4.78, 5) is 36.7. The molecule has 0 radical (unpaired) electrons. The van der Waals surface area contributed by atoms with Crippen LogP contribution in [0.15, 0.2) is 103 Å². The van der Waals surface area contributed by atoms with Gasteiger partial charge >= 0.3 is 0 Å². The van der Waals surface area contributed by atoms with Gasteiger partial charge in [-0.2, -0.15) is 0 Å². The van der Waals surface area contributed by atoms with Crippen molar-refractivity contribution in [3.05, 3.63) is 103 Å². The highest BCUT2D eigenvalue weighted by Gasteiger charge is 2.39. The summed E-state index contributed by atoms with van der Waals surface area (Å²) in [5, 5.41) is 0. The first-order valence-electron chi connectivity index (χ1n) is 17.1. The van der Waals surface area contributed by atoms with E-state index in [1.807, 2.05) is 175 Å². The lowest BCUT2D eigenvalue weighted by atomic mass is 9.93. The van der Waals surface area contributed by atoms with E-state index in [9.17, 15) is 14.4 Å². The maximum Gasteiger partial charge on any atom is 0.184 e. The molecule has 0 amide bonds. The van der Waals surface area contributed by atoms with Gasteiger partial charge in [-0.25, -0.2) is 0 Å². The molecule has 0 bridgehead atoms. The molecule has 0 saturated heterocycles. The number of carbonyl (C=O) groups excluding carboxylic acids is 3. The number of hydrogen-bond acceptors (Lipinski definition) is 3. The van der Waals surface area contributed by atoms with Crippen LogP contribution in [0.25, 0.3) is 0 Å². The van der Waals surface area contributed by atoms with Gasteiger partial charge in [-0.15, -0.1) is 0 Å². The summed E-state index contributed by atoms with van der Waals surface area (Å²) in [7, 11) is 0. The Hall–Kier alpha value is -3.33. The molecule has 0 aromatic carbocycles. The van der Waals surface area contributed by atoms with E-state index in [0.29, 0.717) is 33.4 Å². The topological polar surface area (TPSA) is 51.2 Å². The Kier molecular flexibility index (Phi) is 28.2. The zero-order valence-electron chi connectivity index (χ0n) is 32.2. The van der Waals surface area contributed by atoms with Gasteiger partial charge in [0, 0.05) is 0 Å². The van der Waals surface area contributed by atoms with Gasteiger partial charge in [-0.05, 0) is 145 Å². The fourth-order valence-corrected chi connectivity index (χ4v) is 4.34. The molecule has 0 heterocycles. The van der Waals surface area contributed by atoms with Crippen LogP contribution in [0.1, 0.15) is 138 Å². The predicted octanol–water partition coefficient (Wildman–Crippen LogP) is 12.5. The van der Waals surface area contributed by atoms with Crippen LogP contribution in [0, 0.1) is 0 Å². The number of hydrogen-bond donors (Lipinski definition) is 0. The highest BCUT2D eigenvalue weighted by molar-refractivity contribution is 6.12. The molecule has 0 spiro atoms. The molecular weight excluding hydrogens is 540 g/mol. The Morgan fingerprint density at radius 1 is 0.273 bits per heavy atom. The first kappa shape index (κ1) is 47.6. The van der Waals surface area contributed by atoms with E-state index < -0.39 is 0 Å². The number of carbonyl (C=O) groups is 3. The van der Waals surface area contributed by atoms with Gasteiger partial charge in [0.15, 0.2) is 17.3 Å². The summed E-state index contributed by atoms with van der Waals surface area (Å²) >= 11 is 0. The minimum absolute atomic E-state index is 0.0629. The van der Waals surface area contributed by atoms with Crippen LogP contribution in [0.4, 0.5) is 0 Å². The number of rotatable bonds is 0. The van der Waals surface area contributed by atoms with Crippen molar-refractivity contribution in [3.8, 4) is 0 Å². The van der Waals surface area contributed by atoms with Crippen LogP contribution in [-0.2, 0) is 14.4 Å². The highest BCUT2D eigenvalue weighted by atomic mass is 16.1. The van der Waals surface area contributed by atoms with Crippen LogP contribution in [0.2, 0.25) is 0 Å². The van der Waals surface area contributed by atoms with Crippen LogP contribution in [-0.4, -0.2) is 17.3 Å². The number of allylic oxidation sites excluding steroid dienone is 18. The second-order valence-electron chi connectivity index (χ2n) is 8.44. The van der Waals surface area contributed by atoms with Crippen LogP contribution in [0.5, 0.6) is 0 Å². The first-order chi connectivity index (χ1) is 21.1. The molecule has 4 aliphatic rings. The molecule has 4 aliphatic carbocycles. The lowest BCUT2D eigenvalue weighted by molar-refractivity contribution is -0.113. The van der Waals surface area contributed by atoms with Gasteiger partial charge in [-0.3, -0.25) is 14.4 Å². The monoisotopic (exact) mass is 607 g/mol. The molecule has 0 atom stereocenters. The largest absolute Gasteiger partial charge is 0.289 e. The maximum absolute atomic E-state index is 12.2. The highest BCUT2D eigenvalue weighted by Crippen LogP contribution is 2.54. The SMILES string of the molecule is CC.CC.CC.CC.CC.CC.CC.CC1=CC(=C2C(=C3C=C(C)C(=O)C(C)=C3)C2=C2C=C(C)C(=O)C(C)=C2)C=C(C)C1=O. The molecule has 4 rings (SSSR count). The fourth-order valence-electron chi connectivity index (χ4n) is 4.34. The van der Waals surface area contributed by atoms with E-state index in [1.54, 1.807) is 0 Å². The molecular formula is C41H66O3. The summed E-state index contributed by atoms with van der Waals surface area (Å²) in [6.45, 7) is 39.0. The Bertz CT molecular complexity index is 1020. The Labute approximate surface area is 273 Å². The molecule has 248 valence electrons. The minimum Gasteiger partial charge on any atom is -0.289 e. The van der Waals surface area contributed by atoms with Gasteiger partial charge in [0.05, 0.1) is 0 Å². The summed E-state index contributed by atoms with van der Waals surface area (Å²) in [5.74, 6) is 0.189. The van der Waals surface area contributed by atoms with Crippen LogP contribution in [0.3, 0.4) is 0 Å². The molecule has 0 aromatic rings. The average Bonchev–Trinajstić information content (AvgIpc) is 3.83. The van der Waals surface area contributed by atoms with Gasteiger partial charge in [0.2, 0.25) is 0 Å². The molecule has 0 aliphatic heterocycles. The summed E-state index contributed by atoms with van der Waals surface area (Å²) in [6.07, 6.45) is 11.6. The van der Waals surface area contributed by atoms with Crippen molar-refractivity contribution in [3.63, 3.8) is 0 Å². The second kappa shape index (κ2) is 26.1. The van der Waals surface area contributed by atoms with Gasteiger partial charge < -0.3 is 0 Å². The third-order valence-corrected chi connectivity index (χ3v) is 5.93. The molecule has 3 nitrogen and oxygen atoms in total. The third-order valence-electron chi connectivity index (χ3n) is 5.93. The molecule has 1 fully saturated rings. The Morgan fingerprint density at radius 3 is 0.500 bits per heavy atom. The van der Waals surface area contributed by atoms with Crippen molar-refractivity contribution in [2.24, 2.45) is 0 Å². The van der Waals surface area contributed by atoms with Crippen molar-refractivity contribution < 1.29 is 14.4 Å². The Balaban J connectivity index is -0.000000505. The van der Waals surface area contributed by atoms with Crippen molar-refractivity contribution in [1.29, 1.82) is 0 Å². The maximum atomic E-state index is 12.2. The van der Waals surface area contributed by atoms with E-state index >= 15 is 0 Å². The molecule has 0 unspecified atom stereocenters. The number of Topliss-reactive ketones (excluding diaryl/α,β-unsaturated/α-hetero) is 3. The van der Waals surface area contributed by atoms with Gasteiger partial charge in [0.1, 0.15) is 0 Å². The molecule has 3 heteroatoms. The predicted molar refractivity (Wildman–Crippen MR) is 198 cm³/mol. The third kappa shape index (κ3) is 12.3. The minimum atomic E-state index is 0.0629. The van der Waals surface area contributed by atoms with Crippen molar-refractivity contribution in [2.75, 3.05) is 0 Å². The van der Waals surface area contributed by atoms with E-state index in [-0.39, 0.29) is 17.3 Å². The smallest absolute Gasteiger partial charge is 0.184 e. The molecule has 44 heavy (non-hydrogen) atoms. The summed E-state index contributed by atoms with van der Waals surface area (Å²) in [5.41, 5.74) is 10.5. The van der Waals surface area contributed by atoms with E-state index in [1.165, 1.54) is 0 Å². The van der Waals surface area contributed by atoms with Crippen LogP contribution < -0.4 is 0 Å². The molecule has 1 saturated carbocycles. The molecule has 0 aromatic heterocycles. The second-order valence-corrected chi connectivity index (χ2v) is 8.44. The summed E-state index contributed by atoms with van der Waals surface area (Å²) in [6, 6.07) is 0. The van der Waals surface area contributed by atoms with Crippen molar-refractivity contribution in [2.45, 2.75) is 138 Å². The molecule has 0 N–H and O–H groups in total. The lowest BCUT2D eigenvalue weighted by Gasteiger charge is -2.10. The van der Waals surface area contributed by atoms with Gasteiger partial charge in [-0.1, -0.05) is 96.9 Å². The van der Waals surface area contributed by atoms with Crippen molar-refractivity contribution >= 4 is 17.3 Å². The zero-order valence-corrected chi connectivity index (χ0v) is 32.2. The number of ketones is 3. The standard InChI is InChI=1S/C27H24O3.7C2H6/c1-13-7-19(8-14(2)25(13)28)22-23(20-9-15(3)26(29)16(4)10-20)24(22)21-11-17(5)27(30)18(6)12-21;7*1-2/h7-12H,1-6H3;7*1-2H3. The summed E-state index contributed by atoms with van der Waals surface area (Å²) < 4.78 is 0. The first-order valence-corrected chi connectivity index (χ1v) is 17.1. The lowest BCUT2D eigenvalue weighted by Crippen LogP contribution is -2.06. The van der Waals surface area contributed by atoms with Crippen molar-refractivity contribution in [1.82, 2.24) is 0 Å². The average molecular weight is 607 g/mol. The normalized spacial score (nSPS) is 16.0. The van der Waals surface area contributed by atoms with E-state index in [2.05, 4.69) is 0 Å². The van der Waals surface area contributed by atoms with E-state index in [4.69, 9.17) is 0 Å². The van der Waals surface area contributed by atoms with Crippen LogP contribution >= 0.6 is 0 Å². The quantitative estimate of drug-likeness (QED) is 0.275. The zero-order chi connectivity index (χ0) is 35.9.